The van der Waals surface area contributed by atoms with Gasteiger partial charge in [-0.3, -0.25) is 0 Å². The monoisotopic (exact) mass is 636 g/mol. The molecule has 0 aliphatic heterocycles. The molecule has 0 unspecified atom stereocenters. The molecule has 46 heavy (non-hydrogen) atoms. The van der Waals surface area contributed by atoms with Crippen molar-refractivity contribution in [3.63, 3.8) is 0 Å². The van der Waals surface area contributed by atoms with E-state index in [0.29, 0.717) is 32.8 Å². The molecule has 1 aliphatic rings. The molecule has 1 N–H and O–H groups in total. The van der Waals surface area contributed by atoms with E-state index in [1.54, 1.807) is 6.08 Å². The summed E-state index contributed by atoms with van der Waals surface area (Å²) in [5.41, 5.74) is 2.10. The maximum Gasteiger partial charge on any atom is 0.261 e. The van der Waals surface area contributed by atoms with Crippen molar-refractivity contribution in [3.8, 4) is 0 Å². The van der Waals surface area contributed by atoms with Crippen molar-refractivity contribution in [2.75, 3.05) is 13.2 Å². The van der Waals surface area contributed by atoms with E-state index in [4.69, 9.17) is 18.6 Å². The van der Waals surface area contributed by atoms with Gasteiger partial charge in [0.1, 0.15) is 12.2 Å². The summed E-state index contributed by atoms with van der Waals surface area (Å²) >= 11 is 0. The standard InChI is InChI=1S/C40H48O5Si/c1-5-26-42-36-27-33(30-45-46(40(2,3)4,34-22-14-8-15-23-34)35-24-16-9-17-25-35)38(43-28-31-18-10-6-11-19-31)39(37(36)41)44-29-32-20-12-7-13-21-32/h5-25,33,36-39,41H,1,26-30H2,2-4H3/t33-,36+,37-,38+,39-/m1/s1. The summed E-state index contributed by atoms with van der Waals surface area (Å²) in [5, 5.41) is 14.0. The molecular formula is C40H48O5Si. The van der Waals surface area contributed by atoms with E-state index in [-0.39, 0.29) is 11.0 Å². The molecule has 0 saturated heterocycles. The van der Waals surface area contributed by atoms with Crippen molar-refractivity contribution in [1.82, 2.24) is 0 Å². The predicted molar refractivity (Wildman–Crippen MR) is 188 cm³/mol. The van der Waals surface area contributed by atoms with Crippen molar-refractivity contribution < 1.29 is 23.7 Å². The van der Waals surface area contributed by atoms with Crippen molar-refractivity contribution in [3.05, 3.63) is 145 Å². The van der Waals surface area contributed by atoms with Crippen LogP contribution in [0, 0.1) is 5.92 Å². The largest absolute Gasteiger partial charge is 0.407 e. The Morgan fingerprint density at radius 3 is 1.61 bits per heavy atom. The highest BCUT2D eigenvalue weighted by molar-refractivity contribution is 6.99. The average molecular weight is 637 g/mol. The summed E-state index contributed by atoms with van der Waals surface area (Å²) in [6.45, 7) is 12.2. The molecule has 0 heterocycles. The number of aliphatic hydroxyl groups is 1. The quantitative estimate of drug-likeness (QED) is 0.124. The summed E-state index contributed by atoms with van der Waals surface area (Å²) in [7, 11) is -2.82. The summed E-state index contributed by atoms with van der Waals surface area (Å²) in [5.74, 6) is -0.107. The highest BCUT2D eigenvalue weighted by Gasteiger charge is 2.52. The molecule has 5 rings (SSSR count). The number of hydrogen-bond acceptors (Lipinski definition) is 5. The number of hydrogen-bond donors (Lipinski definition) is 1. The van der Waals surface area contributed by atoms with Gasteiger partial charge in [0.15, 0.2) is 0 Å². The van der Waals surface area contributed by atoms with Gasteiger partial charge in [-0.1, -0.05) is 148 Å². The molecule has 1 aliphatic carbocycles. The minimum atomic E-state index is -2.82. The fourth-order valence-corrected chi connectivity index (χ4v) is 11.3. The molecule has 0 spiro atoms. The second-order valence-electron chi connectivity index (χ2n) is 13.1. The molecule has 4 aromatic carbocycles. The topological polar surface area (TPSA) is 57.2 Å². The Kier molecular flexibility index (Phi) is 11.8. The van der Waals surface area contributed by atoms with Crippen LogP contribution < -0.4 is 10.4 Å². The second kappa shape index (κ2) is 16.0. The summed E-state index contributed by atoms with van der Waals surface area (Å²) in [4.78, 5) is 0. The van der Waals surface area contributed by atoms with E-state index in [0.717, 1.165) is 11.1 Å². The molecule has 0 aromatic heterocycles. The minimum absolute atomic E-state index is 0.107. The maximum absolute atomic E-state index is 11.7. The lowest BCUT2D eigenvalue weighted by molar-refractivity contribution is -0.212. The normalized spacial score (nSPS) is 22.0. The van der Waals surface area contributed by atoms with Gasteiger partial charge >= 0.3 is 0 Å². The van der Waals surface area contributed by atoms with Gasteiger partial charge in [0, 0.05) is 12.5 Å². The van der Waals surface area contributed by atoms with Crippen LogP contribution in [-0.2, 0) is 31.9 Å². The van der Waals surface area contributed by atoms with Crippen LogP contribution in [0.4, 0.5) is 0 Å². The lowest BCUT2D eigenvalue weighted by atomic mass is 9.80. The molecule has 1 saturated carbocycles. The molecular weight excluding hydrogens is 589 g/mol. The Morgan fingerprint density at radius 2 is 1.15 bits per heavy atom. The maximum atomic E-state index is 11.7. The molecule has 242 valence electrons. The van der Waals surface area contributed by atoms with E-state index >= 15 is 0 Å². The molecule has 6 heteroatoms. The van der Waals surface area contributed by atoms with Gasteiger partial charge in [0.05, 0.1) is 32.0 Å². The zero-order valence-electron chi connectivity index (χ0n) is 27.3. The van der Waals surface area contributed by atoms with Crippen LogP contribution in [0.3, 0.4) is 0 Å². The molecule has 0 radical (unpaired) electrons. The van der Waals surface area contributed by atoms with Crippen LogP contribution in [0.15, 0.2) is 134 Å². The minimum Gasteiger partial charge on any atom is -0.407 e. The number of aliphatic hydroxyl groups excluding tert-OH is 1. The third kappa shape index (κ3) is 7.95. The second-order valence-corrected chi connectivity index (χ2v) is 17.4. The molecule has 0 bridgehead atoms. The summed E-state index contributed by atoms with van der Waals surface area (Å²) in [6.07, 6.45) is -0.103. The third-order valence-electron chi connectivity index (χ3n) is 8.97. The first-order valence-electron chi connectivity index (χ1n) is 16.3. The van der Waals surface area contributed by atoms with E-state index in [1.165, 1.54) is 10.4 Å². The first-order valence-corrected chi connectivity index (χ1v) is 18.2. The fourth-order valence-electron chi connectivity index (χ4n) is 6.72. The van der Waals surface area contributed by atoms with Crippen molar-refractivity contribution >= 4 is 18.7 Å². The highest BCUT2D eigenvalue weighted by Crippen LogP contribution is 2.39. The van der Waals surface area contributed by atoms with Crippen molar-refractivity contribution in [2.45, 2.75) is 69.9 Å². The molecule has 1 fully saturated rings. The predicted octanol–water partition coefficient (Wildman–Crippen LogP) is 6.69. The zero-order chi connectivity index (χ0) is 32.4. The number of ether oxygens (including phenoxy) is 3. The SMILES string of the molecule is C=CCO[C@H]1C[C@H](CO[Si](c2ccccc2)(c2ccccc2)C(C)(C)C)[C@H](OCc2ccccc2)[C@H](OCc2ccccc2)[C@@H]1O. The molecule has 5 atom stereocenters. The van der Waals surface area contributed by atoms with Crippen LogP contribution in [0.2, 0.25) is 5.04 Å². The van der Waals surface area contributed by atoms with Gasteiger partial charge in [0.2, 0.25) is 0 Å². The van der Waals surface area contributed by atoms with Gasteiger partial charge in [0.25, 0.3) is 8.32 Å². The fraction of sp³-hybridized carbons (Fsp3) is 0.350. The van der Waals surface area contributed by atoms with Crippen LogP contribution in [0.1, 0.15) is 38.3 Å². The van der Waals surface area contributed by atoms with E-state index < -0.39 is 32.7 Å². The first kappa shape index (κ1) is 34.0. The van der Waals surface area contributed by atoms with Crippen molar-refractivity contribution in [2.24, 2.45) is 5.92 Å². The lowest BCUT2D eigenvalue weighted by Gasteiger charge is -2.47. The zero-order valence-corrected chi connectivity index (χ0v) is 28.3. The molecule has 0 amide bonds. The van der Waals surface area contributed by atoms with Gasteiger partial charge in [-0.05, 0) is 33.0 Å². The first-order chi connectivity index (χ1) is 22.3. The third-order valence-corrected chi connectivity index (χ3v) is 14.0. The van der Waals surface area contributed by atoms with E-state index in [9.17, 15) is 5.11 Å². The van der Waals surface area contributed by atoms with Crippen LogP contribution >= 0.6 is 0 Å². The smallest absolute Gasteiger partial charge is 0.261 e. The van der Waals surface area contributed by atoms with E-state index in [2.05, 4.69) is 100 Å². The van der Waals surface area contributed by atoms with Crippen LogP contribution in [0.25, 0.3) is 0 Å². The Labute approximate surface area is 275 Å². The average Bonchev–Trinajstić information content (AvgIpc) is 3.08. The molecule has 5 nitrogen and oxygen atoms in total. The van der Waals surface area contributed by atoms with Gasteiger partial charge in [-0.15, -0.1) is 6.58 Å². The molecule has 4 aromatic rings. The summed E-state index contributed by atoms with van der Waals surface area (Å²) in [6, 6.07) is 41.5. The van der Waals surface area contributed by atoms with E-state index in [1.807, 2.05) is 48.5 Å². The Morgan fingerprint density at radius 1 is 0.696 bits per heavy atom. The number of rotatable bonds is 14. The van der Waals surface area contributed by atoms with Gasteiger partial charge in [-0.25, -0.2) is 0 Å². The number of benzene rings is 4. The van der Waals surface area contributed by atoms with Crippen molar-refractivity contribution in [1.29, 1.82) is 0 Å². The Hall–Kier alpha value is -3.36. The Balaban J connectivity index is 1.52. The highest BCUT2D eigenvalue weighted by atomic mass is 28.4. The van der Waals surface area contributed by atoms with Crippen LogP contribution in [0.5, 0.6) is 0 Å². The summed E-state index contributed by atoms with van der Waals surface area (Å²) < 4.78 is 26.9. The van der Waals surface area contributed by atoms with Gasteiger partial charge < -0.3 is 23.7 Å². The van der Waals surface area contributed by atoms with Gasteiger partial charge in [-0.2, -0.15) is 0 Å². The lowest BCUT2D eigenvalue weighted by Crippen LogP contribution is -2.67. The van der Waals surface area contributed by atoms with Crippen LogP contribution in [-0.4, -0.2) is 51.1 Å². The Bertz CT molecular complexity index is 1420.